The molecule has 0 amide bonds. The Morgan fingerprint density at radius 2 is 2.06 bits per heavy atom. The largest absolute Gasteiger partial charge is 0.504 e. The van der Waals surface area contributed by atoms with Crippen molar-refractivity contribution in [3.05, 3.63) is 22.2 Å². The zero-order chi connectivity index (χ0) is 13.3. The van der Waals surface area contributed by atoms with Crippen molar-refractivity contribution in [2.24, 2.45) is 5.73 Å². The molecule has 1 aliphatic carbocycles. The highest BCUT2D eigenvalue weighted by atomic mass is 35.5. The molecule has 1 aromatic rings. The molecule has 1 fully saturated rings. The molecule has 0 radical (unpaired) electrons. The summed E-state index contributed by atoms with van der Waals surface area (Å²) in [6, 6.07) is 1.54. The van der Waals surface area contributed by atoms with Crippen molar-refractivity contribution in [3.63, 3.8) is 0 Å². The van der Waals surface area contributed by atoms with E-state index in [0.29, 0.717) is 17.3 Å². The van der Waals surface area contributed by atoms with Gasteiger partial charge in [0.25, 0.3) is 0 Å². The van der Waals surface area contributed by atoms with Crippen LogP contribution >= 0.6 is 11.6 Å². The average Bonchev–Trinajstić information content (AvgIpc) is 2.83. The molecule has 3 nitrogen and oxygen atoms in total. The zero-order valence-electron chi connectivity index (χ0n) is 10.9. The Kier molecular flexibility index (Phi) is 3.74. The topological polar surface area (TPSA) is 55.5 Å². The van der Waals surface area contributed by atoms with Gasteiger partial charge in [0.15, 0.2) is 11.5 Å². The SMILES string of the molecule is COc1c(O)cc(Cl)c(C)c1C1(CN)CCCC1. The molecule has 0 saturated heterocycles. The highest BCUT2D eigenvalue weighted by Crippen LogP contribution is 2.49. The maximum Gasteiger partial charge on any atom is 0.164 e. The van der Waals surface area contributed by atoms with Gasteiger partial charge in [-0.05, 0) is 25.3 Å². The third kappa shape index (κ3) is 1.95. The van der Waals surface area contributed by atoms with Gasteiger partial charge in [-0.15, -0.1) is 0 Å². The van der Waals surface area contributed by atoms with E-state index in [1.165, 1.54) is 0 Å². The molecule has 0 aliphatic heterocycles. The lowest BCUT2D eigenvalue weighted by atomic mass is 9.76. The summed E-state index contributed by atoms with van der Waals surface area (Å²) in [6.45, 7) is 2.53. The Morgan fingerprint density at radius 3 is 2.56 bits per heavy atom. The fraction of sp³-hybridized carbons (Fsp3) is 0.571. The van der Waals surface area contributed by atoms with Gasteiger partial charge in [-0.2, -0.15) is 0 Å². The molecule has 4 heteroatoms. The predicted molar refractivity (Wildman–Crippen MR) is 73.6 cm³/mol. The van der Waals surface area contributed by atoms with E-state index >= 15 is 0 Å². The zero-order valence-corrected chi connectivity index (χ0v) is 11.7. The second kappa shape index (κ2) is 4.98. The van der Waals surface area contributed by atoms with E-state index in [1.54, 1.807) is 13.2 Å². The minimum Gasteiger partial charge on any atom is -0.504 e. The summed E-state index contributed by atoms with van der Waals surface area (Å²) in [4.78, 5) is 0. The van der Waals surface area contributed by atoms with Gasteiger partial charge in [0, 0.05) is 28.6 Å². The van der Waals surface area contributed by atoms with Crippen molar-refractivity contribution in [2.75, 3.05) is 13.7 Å². The van der Waals surface area contributed by atoms with Crippen LogP contribution in [0.5, 0.6) is 11.5 Å². The molecular formula is C14H20ClNO2. The van der Waals surface area contributed by atoms with E-state index < -0.39 is 0 Å². The van der Waals surface area contributed by atoms with Crippen molar-refractivity contribution in [3.8, 4) is 11.5 Å². The van der Waals surface area contributed by atoms with Crippen molar-refractivity contribution in [1.82, 2.24) is 0 Å². The second-order valence-corrected chi connectivity index (χ2v) is 5.51. The maximum atomic E-state index is 10.0. The number of aromatic hydroxyl groups is 1. The fourth-order valence-corrected chi connectivity index (χ4v) is 3.36. The van der Waals surface area contributed by atoms with Gasteiger partial charge in [0.05, 0.1) is 7.11 Å². The number of methoxy groups -OCH3 is 1. The van der Waals surface area contributed by atoms with Gasteiger partial charge in [-0.3, -0.25) is 0 Å². The van der Waals surface area contributed by atoms with Gasteiger partial charge in [-0.25, -0.2) is 0 Å². The van der Waals surface area contributed by atoms with Crippen LogP contribution in [0.3, 0.4) is 0 Å². The van der Waals surface area contributed by atoms with Gasteiger partial charge in [-0.1, -0.05) is 24.4 Å². The summed E-state index contributed by atoms with van der Waals surface area (Å²) in [6.07, 6.45) is 4.38. The number of nitrogens with two attached hydrogens (primary N) is 1. The Hall–Kier alpha value is -0.930. The highest BCUT2D eigenvalue weighted by molar-refractivity contribution is 6.31. The first kappa shape index (κ1) is 13.5. The third-order valence-corrected chi connectivity index (χ3v) is 4.53. The molecule has 1 aromatic carbocycles. The third-order valence-electron chi connectivity index (χ3n) is 4.14. The number of benzene rings is 1. The number of phenolic OH excluding ortho intramolecular Hbond substituents is 1. The highest BCUT2D eigenvalue weighted by Gasteiger charge is 2.39. The summed E-state index contributed by atoms with van der Waals surface area (Å²) in [7, 11) is 1.57. The van der Waals surface area contributed by atoms with Crippen molar-refractivity contribution >= 4 is 11.6 Å². The molecule has 3 N–H and O–H groups in total. The summed E-state index contributed by atoms with van der Waals surface area (Å²) in [5.41, 5.74) is 7.88. The van der Waals surface area contributed by atoms with Crippen LogP contribution in [-0.2, 0) is 5.41 Å². The van der Waals surface area contributed by atoms with E-state index in [9.17, 15) is 5.11 Å². The first-order valence-corrected chi connectivity index (χ1v) is 6.70. The van der Waals surface area contributed by atoms with E-state index in [-0.39, 0.29) is 11.2 Å². The van der Waals surface area contributed by atoms with Crippen LogP contribution in [0.15, 0.2) is 6.07 Å². The van der Waals surface area contributed by atoms with Crippen molar-refractivity contribution < 1.29 is 9.84 Å². The maximum absolute atomic E-state index is 10.0. The molecule has 1 aliphatic rings. The van der Waals surface area contributed by atoms with Crippen LogP contribution in [0.1, 0.15) is 36.8 Å². The minimum absolute atomic E-state index is 0.0994. The Bertz CT molecular complexity index is 454. The number of phenols is 1. The van der Waals surface area contributed by atoms with E-state index in [4.69, 9.17) is 22.1 Å². The van der Waals surface area contributed by atoms with Crippen LogP contribution in [0, 0.1) is 6.92 Å². The molecule has 0 bridgehead atoms. The second-order valence-electron chi connectivity index (χ2n) is 5.10. The summed E-state index contributed by atoms with van der Waals surface area (Å²) < 4.78 is 5.39. The van der Waals surface area contributed by atoms with Crippen LogP contribution in [-0.4, -0.2) is 18.8 Å². The Balaban J connectivity index is 2.67. The number of hydrogen-bond acceptors (Lipinski definition) is 3. The molecule has 0 aromatic heterocycles. The quantitative estimate of drug-likeness (QED) is 0.886. The van der Waals surface area contributed by atoms with Crippen LogP contribution in [0.25, 0.3) is 0 Å². The molecule has 1 saturated carbocycles. The van der Waals surface area contributed by atoms with Gasteiger partial charge in [0.2, 0.25) is 0 Å². The Labute approximate surface area is 113 Å². The Morgan fingerprint density at radius 1 is 1.44 bits per heavy atom. The van der Waals surface area contributed by atoms with Crippen molar-refractivity contribution in [1.29, 1.82) is 0 Å². The minimum atomic E-state index is -0.0994. The average molecular weight is 270 g/mol. The molecule has 0 atom stereocenters. The van der Waals surface area contributed by atoms with Crippen LogP contribution in [0.2, 0.25) is 5.02 Å². The van der Waals surface area contributed by atoms with Crippen molar-refractivity contribution in [2.45, 2.75) is 38.0 Å². The smallest absolute Gasteiger partial charge is 0.164 e. The first-order valence-electron chi connectivity index (χ1n) is 6.32. The monoisotopic (exact) mass is 269 g/mol. The molecule has 0 spiro atoms. The molecule has 0 unspecified atom stereocenters. The van der Waals surface area contributed by atoms with Crippen LogP contribution < -0.4 is 10.5 Å². The van der Waals surface area contributed by atoms with E-state index in [1.807, 2.05) is 6.92 Å². The number of ether oxygens (including phenoxy) is 1. The number of hydrogen-bond donors (Lipinski definition) is 2. The van der Waals surface area contributed by atoms with E-state index in [2.05, 4.69) is 0 Å². The standard InChI is InChI=1S/C14H20ClNO2/c1-9-10(15)7-11(17)13(18-2)12(9)14(8-16)5-3-4-6-14/h7,17H,3-6,8,16H2,1-2H3. The summed E-state index contributed by atoms with van der Waals surface area (Å²) >= 11 is 6.19. The summed E-state index contributed by atoms with van der Waals surface area (Å²) in [5, 5.41) is 10.6. The molecule has 100 valence electrons. The number of rotatable bonds is 3. The predicted octanol–water partition coefficient (Wildman–Crippen LogP) is 3.13. The molecular weight excluding hydrogens is 250 g/mol. The molecule has 2 rings (SSSR count). The van der Waals surface area contributed by atoms with Crippen LogP contribution in [0.4, 0.5) is 0 Å². The lowest BCUT2D eigenvalue weighted by molar-refractivity contribution is 0.347. The first-order chi connectivity index (χ1) is 8.55. The van der Waals surface area contributed by atoms with Gasteiger partial charge >= 0.3 is 0 Å². The van der Waals surface area contributed by atoms with Gasteiger partial charge < -0.3 is 15.6 Å². The lowest BCUT2D eigenvalue weighted by Gasteiger charge is -2.32. The fourth-order valence-electron chi connectivity index (χ4n) is 3.16. The summed E-state index contributed by atoms with van der Waals surface area (Å²) in [5.74, 6) is 0.632. The molecule has 0 heterocycles. The molecule has 18 heavy (non-hydrogen) atoms. The lowest BCUT2D eigenvalue weighted by Crippen LogP contribution is -2.33. The normalized spacial score (nSPS) is 18.0. The van der Waals surface area contributed by atoms with E-state index in [0.717, 1.165) is 36.8 Å². The number of halogens is 1. The van der Waals surface area contributed by atoms with Gasteiger partial charge in [0.1, 0.15) is 0 Å².